The molecule has 1 unspecified atom stereocenters. The highest BCUT2D eigenvalue weighted by Crippen LogP contribution is 2.22. The first-order chi connectivity index (χ1) is 16.4. The quantitative estimate of drug-likeness (QED) is 0.105. The van der Waals surface area contributed by atoms with E-state index in [1.807, 2.05) is 24.3 Å². The van der Waals surface area contributed by atoms with Crippen molar-refractivity contribution in [1.29, 1.82) is 0 Å². The van der Waals surface area contributed by atoms with Crippen molar-refractivity contribution < 1.29 is 8.76 Å². The van der Waals surface area contributed by atoms with Crippen LogP contribution in [0.5, 0.6) is 0 Å². The molecular formula is C23H25N7O3S. The number of imidazole rings is 1. The number of aromatic nitrogens is 3. The van der Waals surface area contributed by atoms with Crippen molar-refractivity contribution in [1.82, 2.24) is 19.7 Å². The van der Waals surface area contributed by atoms with Crippen molar-refractivity contribution in [2.75, 3.05) is 13.1 Å². The smallest absolute Gasteiger partial charge is 0.260 e. The molecule has 4 aromatic rings. The Hall–Kier alpha value is -3.80. The van der Waals surface area contributed by atoms with Crippen LogP contribution in [-0.4, -0.2) is 42.2 Å². The highest BCUT2D eigenvalue weighted by atomic mass is 32.2. The molecule has 0 spiro atoms. The third kappa shape index (κ3) is 5.57. The number of benzene rings is 2. The van der Waals surface area contributed by atoms with Gasteiger partial charge in [-0.25, -0.2) is 9.19 Å². The summed E-state index contributed by atoms with van der Waals surface area (Å²) in [4.78, 5) is 24.2. The third-order valence-corrected chi connectivity index (χ3v) is 5.90. The first-order valence-electron chi connectivity index (χ1n) is 10.6. The summed E-state index contributed by atoms with van der Waals surface area (Å²) in [5, 5.41) is 3.34. The highest BCUT2D eigenvalue weighted by molar-refractivity contribution is 7.79. The number of hydrogen-bond acceptors (Lipinski definition) is 5. The van der Waals surface area contributed by atoms with Gasteiger partial charge in [0.25, 0.3) is 5.56 Å². The molecule has 34 heavy (non-hydrogen) atoms. The molecule has 0 saturated heterocycles. The Labute approximate surface area is 198 Å². The second-order valence-corrected chi connectivity index (χ2v) is 8.63. The standard InChI is InChI=1S/C23H25N7O3S/c24-22(25)27-11-1-10-26-12-15-2-4-16(5-3-15)19-13-30-14-20(28-23(30)29-21(19)31)17-6-8-18(9-7-17)34(32)33/h2-9,13-14,26H,1,10-12H2,(H,32,33)(H4,24,25,27)(H,28,29,31). The van der Waals surface area contributed by atoms with Gasteiger partial charge in [0.1, 0.15) is 0 Å². The van der Waals surface area contributed by atoms with Crippen LogP contribution in [0.1, 0.15) is 12.0 Å². The largest absolute Gasteiger partial charge is 0.370 e. The lowest BCUT2D eigenvalue weighted by molar-refractivity contribution is 0.564. The molecule has 176 valence electrons. The van der Waals surface area contributed by atoms with Gasteiger partial charge in [0.15, 0.2) is 17.0 Å². The van der Waals surface area contributed by atoms with E-state index in [2.05, 4.69) is 20.3 Å². The summed E-state index contributed by atoms with van der Waals surface area (Å²) in [5.74, 6) is 0.520. The normalized spacial score (nSPS) is 12.0. The van der Waals surface area contributed by atoms with Gasteiger partial charge in [-0.3, -0.25) is 19.2 Å². The average Bonchev–Trinajstić information content (AvgIpc) is 3.24. The molecular weight excluding hydrogens is 454 g/mol. The first kappa shape index (κ1) is 23.4. The van der Waals surface area contributed by atoms with Gasteiger partial charge < -0.3 is 21.3 Å². The zero-order chi connectivity index (χ0) is 24.1. The van der Waals surface area contributed by atoms with Gasteiger partial charge in [-0.2, -0.15) is 0 Å². The van der Waals surface area contributed by atoms with Crippen molar-refractivity contribution in [3.8, 4) is 22.4 Å². The SMILES string of the molecule is NC(N)=NCCCNCc1ccc(-c2cn3cc(-c4ccc(S(=O)O)cc4)nc3[nH]c2=O)cc1. The topological polar surface area (TPSA) is 164 Å². The molecule has 0 bridgehead atoms. The summed E-state index contributed by atoms with van der Waals surface area (Å²) in [6.07, 6.45) is 4.39. The zero-order valence-corrected chi connectivity index (χ0v) is 19.1. The molecule has 10 nitrogen and oxygen atoms in total. The molecule has 0 aliphatic carbocycles. The molecule has 2 aromatic heterocycles. The number of nitrogens with zero attached hydrogens (tertiary/aromatic N) is 3. The van der Waals surface area contributed by atoms with E-state index in [0.29, 0.717) is 35.0 Å². The molecule has 4 rings (SSSR count). The van der Waals surface area contributed by atoms with E-state index >= 15 is 0 Å². The Kier molecular flexibility index (Phi) is 7.16. The van der Waals surface area contributed by atoms with Gasteiger partial charge in [-0.1, -0.05) is 36.4 Å². The summed E-state index contributed by atoms with van der Waals surface area (Å²) < 4.78 is 22.1. The van der Waals surface area contributed by atoms with E-state index in [1.54, 1.807) is 41.1 Å². The second-order valence-electron chi connectivity index (χ2n) is 7.66. The fourth-order valence-corrected chi connectivity index (χ4v) is 3.85. The van der Waals surface area contributed by atoms with Crippen molar-refractivity contribution in [2.24, 2.45) is 16.5 Å². The van der Waals surface area contributed by atoms with E-state index in [4.69, 9.17) is 11.5 Å². The first-order valence-corrected chi connectivity index (χ1v) is 11.7. The van der Waals surface area contributed by atoms with Crippen molar-refractivity contribution >= 4 is 22.8 Å². The number of hydrogen-bond donors (Lipinski definition) is 5. The van der Waals surface area contributed by atoms with Crippen molar-refractivity contribution in [3.63, 3.8) is 0 Å². The molecule has 0 saturated carbocycles. The Morgan fingerprint density at radius 2 is 1.79 bits per heavy atom. The minimum atomic E-state index is -2.03. The summed E-state index contributed by atoms with van der Waals surface area (Å²) in [6, 6.07) is 14.4. The fourth-order valence-electron chi connectivity index (χ4n) is 3.49. The third-order valence-electron chi connectivity index (χ3n) is 5.22. The number of nitrogens with two attached hydrogens (primary N) is 2. The van der Waals surface area contributed by atoms with Crippen LogP contribution in [-0.2, 0) is 17.6 Å². The number of nitrogens with one attached hydrogen (secondary N) is 2. The molecule has 7 N–H and O–H groups in total. The van der Waals surface area contributed by atoms with Crippen molar-refractivity contribution in [3.05, 3.63) is 76.8 Å². The lowest BCUT2D eigenvalue weighted by Crippen LogP contribution is -2.23. The second kappa shape index (κ2) is 10.4. The minimum Gasteiger partial charge on any atom is -0.370 e. The van der Waals surface area contributed by atoms with E-state index < -0.39 is 11.1 Å². The predicted octanol–water partition coefficient (Wildman–Crippen LogP) is 1.69. The van der Waals surface area contributed by atoms with Crippen LogP contribution in [0.15, 0.2) is 75.6 Å². The highest BCUT2D eigenvalue weighted by Gasteiger charge is 2.10. The van der Waals surface area contributed by atoms with Gasteiger partial charge in [-0.05, 0) is 36.2 Å². The van der Waals surface area contributed by atoms with E-state index in [1.165, 1.54) is 0 Å². The van der Waals surface area contributed by atoms with Crippen LogP contribution in [0.4, 0.5) is 0 Å². The van der Waals surface area contributed by atoms with Gasteiger partial charge >= 0.3 is 0 Å². The summed E-state index contributed by atoms with van der Waals surface area (Å²) in [6.45, 7) is 2.08. The molecule has 0 fully saturated rings. The van der Waals surface area contributed by atoms with E-state index in [-0.39, 0.29) is 11.5 Å². The van der Waals surface area contributed by atoms with E-state index in [9.17, 15) is 13.6 Å². The number of fused-ring (bicyclic) bond motifs is 1. The maximum Gasteiger partial charge on any atom is 0.260 e. The van der Waals surface area contributed by atoms with Crippen molar-refractivity contribution in [2.45, 2.75) is 17.9 Å². The maximum absolute atomic E-state index is 12.7. The molecule has 0 radical (unpaired) electrons. The summed E-state index contributed by atoms with van der Waals surface area (Å²) >= 11 is -2.03. The molecule has 0 amide bonds. The monoisotopic (exact) mass is 479 g/mol. The van der Waals surface area contributed by atoms with E-state index in [0.717, 1.165) is 29.7 Å². The Morgan fingerprint density at radius 3 is 2.47 bits per heavy atom. The fraction of sp³-hybridized carbons (Fsp3) is 0.174. The van der Waals surface area contributed by atoms with Crippen LogP contribution in [0.25, 0.3) is 28.2 Å². The summed E-state index contributed by atoms with van der Waals surface area (Å²) in [5.41, 5.74) is 14.2. The predicted molar refractivity (Wildman–Crippen MR) is 133 cm³/mol. The lowest BCUT2D eigenvalue weighted by atomic mass is 10.1. The molecule has 1 atom stereocenters. The van der Waals surface area contributed by atoms with Crippen LogP contribution < -0.4 is 22.3 Å². The number of rotatable bonds is 9. The molecule has 2 aromatic carbocycles. The van der Waals surface area contributed by atoms with Crippen LogP contribution in [0, 0.1) is 0 Å². The Morgan fingerprint density at radius 1 is 1.09 bits per heavy atom. The average molecular weight is 480 g/mol. The number of aromatic amines is 1. The lowest BCUT2D eigenvalue weighted by Gasteiger charge is -2.06. The van der Waals surface area contributed by atoms with Gasteiger partial charge in [-0.15, -0.1) is 0 Å². The minimum absolute atomic E-state index is 0.103. The zero-order valence-electron chi connectivity index (χ0n) is 18.3. The van der Waals surface area contributed by atoms with Gasteiger partial charge in [0, 0.05) is 31.0 Å². The van der Waals surface area contributed by atoms with Crippen LogP contribution in [0.3, 0.4) is 0 Å². The van der Waals surface area contributed by atoms with Gasteiger partial charge in [0.05, 0.1) is 16.2 Å². The number of aliphatic imine (C=N–C) groups is 1. The number of H-pyrrole nitrogens is 1. The molecule has 0 aliphatic heterocycles. The number of guanidine groups is 1. The maximum atomic E-state index is 12.7. The molecule has 0 aliphatic rings. The molecule has 11 heteroatoms. The molecule has 2 heterocycles. The van der Waals surface area contributed by atoms with Crippen LogP contribution in [0.2, 0.25) is 0 Å². The van der Waals surface area contributed by atoms with Gasteiger partial charge in [0.2, 0.25) is 5.78 Å². The Bertz CT molecular complexity index is 1390. The Balaban J connectivity index is 1.47. The summed E-state index contributed by atoms with van der Waals surface area (Å²) in [7, 11) is 0. The van der Waals surface area contributed by atoms with Crippen LogP contribution >= 0.6 is 0 Å².